The molecule has 0 unspecified atom stereocenters. The third-order valence-corrected chi connectivity index (χ3v) is 6.28. The summed E-state index contributed by atoms with van der Waals surface area (Å²) in [5.74, 6) is 0.222. The highest BCUT2D eigenvalue weighted by Crippen LogP contribution is 2.43. The van der Waals surface area contributed by atoms with E-state index in [1.807, 2.05) is 73.6 Å². The number of hydrogen-bond acceptors (Lipinski definition) is 5. The lowest BCUT2D eigenvalue weighted by Crippen LogP contribution is -2.41. The second-order valence-corrected chi connectivity index (χ2v) is 9.41. The highest BCUT2D eigenvalue weighted by molar-refractivity contribution is 6.79. The van der Waals surface area contributed by atoms with Crippen molar-refractivity contribution in [2.45, 2.75) is 77.8 Å². The Hall–Kier alpha value is -1.27. The van der Waals surface area contributed by atoms with Crippen molar-refractivity contribution in [1.29, 1.82) is 0 Å². The van der Waals surface area contributed by atoms with Crippen LogP contribution in [0.5, 0.6) is 5.75 Å². The summed E-state index contributed by atoms with van der Waals surface area (Å²) in [5.41, 5.74) is -0.942. The van der Waals surface area contributed by atoms with Gasteiger partial charge in [-0.25, -0.2) is 0 Å². The quantitative estimate of drug-likeness (QED) is 0.812. The Morgan fingerprint density at radius 2 is 1.04 bits per heavy atom. The highest BCUT2D eigenvalue weighted by Gasteiger charge is 2.59. The predicted octanol–water partition coefficient (Wildman–Crippen LogP) is 4.04. The smallest absolute Gasteiger partial charge is 0.486 e. The van der Waals surface area contributed by atoms with Crippen LogP contribution in [-0.2, 0) is 18.6 Å². The second kappa shape index (κ2) is 6.38. The first-order valence-corrected chi connectivity index (χ1v) is 9.46. The van der Waals surface area contributed by atoms with Gasteiger partial charge in [-0.05, 0) is 78.5 Å². The maximum Gasteiger partial charge on any atom is 0.486 e. The molecule has 2 aliphatic rings. The van der Waals surface area contributed by atoms with Crippen molar-refractivity contribution >= 4 is 20.3 Å². The molecular weight excluding hydrogens is 342 g/mol. The zero-order valence-corrected chi connectivity index (χ0v) is 17.6. The van der Waals surface area contributed by atoms with Crippen LogP contribution in [0.3, 0.4) is 0 Å². The lowest BCUT2D eigenvalue weighted by Gasteiger charge is -2.32. The lowest BCUT2D eigenvalue weighted by molar-refractivity contribution is 0.00578. The van der Waals surface area contributed by atoms with Crippen LogP contribution in [0.4, 0.5) is 0 Å². The highest BCUT2D eigenvalue weighted by atomic mass is 16.7. The number of phenols is 1. The Labute approximate surface area is 163 Å². The van der Waals surface area contributed by atoms with Crippen LogP contribution < -0.4 is 0 Å². The fourth-order valence-electron chi connectivity index (χ4n) is 2.97. The topological polar surface area (TPSA) is 57.2 Å². The molecule has 0 amide bonds. The fraction of sp³-hybridized carbons (Fsp3) is 0.600. The monoisotopic (exact) mass is 372 g/mol. The number of phenolic OH excluding ortho intramolecular Hbond substituents is 1. The van der Waals surface area contributed by atoms with Crippen molar-refractivity contribution in [3.8, 4) is 5.75 Å². The van der Waals surface area contributed by atoms with Gasteiger partial charge < -0.3 is 23.7 Å². The zero-order valence-electron chi connectivity index (χ0n) is 17.6. The molecule has 0 aromatic heterocycles. The van der Waals surface area contributed by atoms with E-state index in [0.717, 1.165) is 10.9 Å². The standard InChI is InChI=1S/C20H30B2O5/c1-17(2)18(3,4)25-21(24-17)16(13-14-9-11-15(23)12-10-14)22-26-19(5,6)20(7,8)27-22/h9-13,23H,1-8H3. The minimum absolute atomic E-state index is 0.222. The molecule has 0 atom stereocenters. The van der Waals surface area contributed by atoms with Gasteiger partial charge in [-0.1, -0.05) is 18.2 Å². The van der Waals surface area contributed by atoms with Gasteiger partial charge in [0.1, 0.15) is 5.75 Å². The Bertz CT molecular complexity index is 667. The van der Waals surface area contributed by atoms with E-state index >= 15 is 0 Å². The third kappa shape index (κ3) is 3.70. The molecule has 2 heterocycles. The van der Waals surface area contributed by atoms with Crippen molar-refractivity contribution < 1.29 is 23.7 Å². The average Bonchev–Trinajstić information content (AvgIpc) is 2.86. The first-order valence-electron chi connectivity index (χ1n) is 9.46. The van der Waals surface area contributed by atoms with E-state index in [4.69, 9.17) is 18.6 Å². The van der Waals surface area contributed by atoms with Crippen LogP contribution in [0.25, 0.3) is 6.08 Å². The molecule has 5 nitrogen and oxygen atoms in total. The van der Waals surface area contributed by atoms with Crippen LogP contribution in [0.15, 0.2) is 29.6 Å². The Kier molecular flexibility index (Phi) is 4.83. The third-order valence-electron chi connectivity index (χ3n) is 6.28. The SMILES string of the molecule is CC1(C)OB(C(=Cc2ccc(O)cc2)B2OC(C)(C)C(C)(C)O2)OC1(C)C. The van der Waals surface area contributed by atoms with Crippen molar-refractivity contribution in [2.24, 2.45) is 0 Å². The largest absolute Gasteiger partial charge is 0.508 e. The summed E-state index contributed by atoms with van der Waals surface area (Å²) in [6.07, 6.45) is 1.96. The van der Waals surface area contributed by atoms with Gasteiger partial charge >= 0.3 is 14.2 Å². The van der Waals surface area contributed by atoms with Gasteiger partial charge in [0.05, 0.1) is 22.4 Å². The molecule has 0 saturated carbocycles. The van der Waals surface area contributed by atoms with Crippen LogP contribution >= 0.6 is 0 Å². The Morgan fingerprint density at radius 3 is 1.37 bits per heavy atom. The van der Waals surface area contributed by atoms with E-state index in [1.165, 1.54) is 0 Å². The summed E-state index contributed by atoms with van der Waals surface area (Å²) in [5, 5.41) is 10.3. The molecule has 0 bridgehead atoms. The van der Waals surface area contributed by atoms with E-state index in [9.17, 15) is 5.11 Å². The summed E-state index contributed by atoms with van der Waals surface area (Å²) < 4.78 is 25.1. The summed E-state index contributed by atoms with van der Waals surface area (Å²) >= 11 is 0. The van der Waals surface area contributed by atoms with Crippen LogP contribution in [-0.4, -0.2) is 41.7 Å². The van der Waals surface area contributed by atoms with E-state index in [2.05, 4.69) is 0 Å². The van der Waals surface area contributed by atoms with Gasteiger partial charge in [-0.3, -0.25) is 0 Å². The second-order valence-electron chi connectivity index (χ2n) is 9.41. The summed E-state index contributed by atoms with van der Waals surface area (Å²) in [7, 11) is -1.17. The number of benzene rings is 1. The number of aromatic hydroxyl groups is 1. The minimum atomic E-state index is -0.585. The molecule has 2 fully saturated rings. The van der Waals surface area contributed by atoms with Crippen molar-refractivity contribution in [3.63, 3.8) is 0 Å². The van der Waals surface area contributed by atoms with Crippen LogP contribution in [0.2, 0.25) is 0 Å². The molecule has 1 aromatic rings. The van der Waals surface area contributed by atoms with Gasteiger partial charge in [0.15, 0.2) is 0 Å². The van der Waals surface area contributed by atoms with Gasteiger partial charge in [0.25, 0.3) is 0 Å². The van der Waals surface area contributed by atoms with E-state index in [0.29, 0.717) is 0 Å². The molecule has 27 heavy (non-hydrogen) atoms. The van der Waals surface area contributed by atoms with Gasteiger partial charge in [-0.15, -0.1) is 0 Å². The maximum absolute atomic E-state index is 9.57. The molecule has 0 spiro atoms. The van der Waals surface area contributed by atoms with Crippen molar-refractivity contribution in [1.82, 2.24) is 0 Å². The molecule has 146 valence electrons. The summed E-state index contributed by atoms with van der Waals surface area (Å²) in [6.45, 7) is 16.2. The first kappa shape index (κ1) is 20.5. The van der Waals surface area contributed by atoms with Crippen molar-refractivity contribution in [3.05, 3.63) is 35.2 Å². The van der Waals surface area contributed by atoms with E-state index in [1.54, 1.807) is 12.1 Å². The number of hydrogen-bond donors (Lipinski definition) is 1. The van der Waals surface area contributed by atoms with Crippen LogP contribution in [0, 0.1) is 0 Å². The van der Waals surface area contributed by atoms with E-state index in [-0.39, 0.29) is 5.75 Å². The number of rotatable bonds is 3. The van der Waals surface area contributed by atoms with Gasteiger partial charge in [0, 0.05) is 0 Å². The molecule has 2 saturated heterocycles. The summed E-state index contributed by atoms with van der Waals surface area (Å²) in [6, 6.07) is 6.98. The predicted molar refractivity (Wildman–Crippen MR) is 108 cm³/mol. The van der Waals surface area contributed by atoms with Crippen LogP contribution in [0.1, 0.15) is 61.0 Å². The van der Waals surface area contributed by atoms with E-state index < -0.39 is 36.6 Å². The molecule has 0 aliphatic carbocycles. The van der Waals surface area contributed by atoms with Gasteiger partial charge in [0.2, 0.25) is 0 Å². The Balaban J connectivity index is 2.00. The molecular formula is C20H30B2O5. The van der Waals surface area contributed by atoms with Gasteiger partial charge in [-0.2, -0.15) is 0 Å². The molecule has 2 aliphatic heterocycles. The zero-order chi connectivity index (χ0) is 20.3. The normalized spacial score (nSPS) is 24.9. The maximum atomic E-state index is 9.57. The Morgan fingerprint density at radius 1 is 0.704 bits per heavy atom. The lowest BCUT2D eigenvalue weighted by atomic mass is 9.57. The fourth-order valence-corrected chi connectivity index (χ4v) is 2.97. The molecule has 1 N–H and O–H groups in total. The average molecular weight is 372 g/mol. The molecule has 1 aromatic carbocycles. The molecule has 3 rings (SSSR count). The first-order chi connectivity index (χ1) is 12.2. The minimum Gasteiger partial charge on any atom is -0.508 e. The van der Waals surface area contributed by atoms with Crippen molar-refractivity contribution in [2.75, 3.05) is 0 Å². The molecule has 0 radical (unpaired) electrons. The summed E-state index contributed by atoms with van der Waals surface area (Å²) in [4.78, 5) is 0. The molecule has 7 heteroatoms.